The Morgan fingerprint density at radius 1 is 1.30 bits per heavy atom. The highest BCUT2D eigenvalue weighted by molar-refractivity contribution is 5.79. The van der Waals surface area contributed by atoms with Gasteiger partial charge in [0, 0.05) is 13.2 Å². The van der Waals surface area contributed by atoms with E-state index in [0.717, 1.165) is 51.7 Å². The summed E-state index contributed by atoms with van der Waals surface area (Å²) in [6, 6.07) is 0. The molecule has 2 unspecified atom stereocenters. The number of unbranched alkanes of at least 4 members (excludes halogenated alkanes) is 2. The Balaban J connectivity index is 2.39. The Labute approximate surface area is 123 Å². The molecule has 0 saturated heterocycles. The second-order valence-corrected chi connectivity index (χ2v) is 5.90. The molecule has 0 heterocycles. The molecule has 1 aliphatic carbocycles. The maximum Gasteiger partial charge on any atom is 0.324 e. The molecule has 1 rings (SSSR count). The number of hydrogen-bond acceptors (Lipinski definition) is 3. The summed E-state index contributed by atoms with van der Waals surface area (Å²) in [5, 5.41) is 12.9. The Morgan fingerprint density at radius 2 is 2.10 bits per heavy atom. The number of hydrogen-bond donors (Lipinski definition) is 2. The van der Waals surface area contributed by atoms with Crippen molar-refractivity contribution in [1.29, 1.82) is 0 Å². The third kappa shape index (κ3) is 4.74. The molecule has 0 amide bonds. The number of carbonyl (C=O) groups is 1. The number of aliphatic carboxylic acids is 1. The molecule has 118 valence electrons. The number of rotatable bonds is 11. The van der Waals surface area contributed by atoms with Crippen LogP contribution in [-0.4, -0.2) is 36.4 Å². The van der Waals surface area contributed by atoms with Crippen molar-refractivity contribution in [1.82, 2.24) is 5.32 Å². The second kappa shape index (κ2) is 9.35. The molecule has 20 heavy (non-hydrogen) atoms. The van der Waals surface area contributed by atoms with Gasteiger partial charge in [-0.2, -0.15) is 0 Å². The highest BCUT2D eigenvalue weighted by Gasteiger charge is 2.48. The van der Waals surface area contributed by atoms with Gasteiger partial charge in [-0.1, -0.05) is 33.1 Å². The maximum absolute atomic E-state index is 11.7. The minimum Gasteiger partial charge on any atom is -0.480 e. The van der Waals surface area contributed by atoms with E-state index in [1.54, 1.807) is 0 Å². The van der Waals surface area contributed by atoms with Gasteiger partial charge in [0.2, 0.25) is 0 Å². The SMILES string of the molecule is CCCCCOCCC1CCCC1(NCCC)C(=O)O. The van der Waals surface area contributed by atoms with E-state index in [1.165, 1.54) is 12.8 Å². The first kappa shape index (κ1) is 17.4. The van der Waals surface area contributed by atoms with Crippen LogP contribution in [0.5, 0.6) is 0 Å². The zero-order chi connectivity index (χ0) is 14.8. The van der Waals surface area contributed by atoms with E-state index in [0.29, 0.717) is 6.61 Å². The average Bonchev–Trinajstić information content (AvgIpc) is 2.84. The zero-order valence-electron chi connectivity index (χ0n) is 13.1. The van der Waals surface area contributed by atoms with E-state index in [2.05, 4.69) is 19.2 Å². The van der Waals surface area contributed by atoms with Crippen LogP contribution in [0.2, 0.25) is 0 Å². The summed E-state index contributed by atoms with van der Waals surface area (Å²) in [5.74, 6) is -0.475. The van der Waals surface area contributed by atoms with Crippen LogP contribution in [0.25, 0.3) is 0 Å². The van der Waals surface area contributed by atoms with Crippen LogP contribution in [0, 0.1) is 5.92 Å². The fourth-order valence-electron chi connectivity index (χ4n) is 3.19. The fraction of sp³-hybridized carbons (Fsp3) is 0.938. The van der Waals surface area contributed by atoms with E-state index in [9.17, 15) is 9.90 Å². The summed E-state index contributed by atoms with van der Waals surface area (Å²) in [6.45, 7) is 6.53. The summed E-state index contributed by atoms with van der Waals surface area (Å²) < 4.78 is 5.65. The molecule has 2 atom stereocenters. The van der Waals surface area contributed by atoms with Crippen LogP contribution in [0.1, 0.15) is 65.2 Å². The van der Waals surface area contributed by atoms with Crippen molar-refractivity contribution in [2.45, 2.75) is 70.8 Å². The van der Waals surface area contributed by atoms with Gasteiger partial charge in [-0.15, -0.1) is 0 Å². The van der Waals surface area contributed by atoms with E-state index in [-0.39, 0.29) is 5.92 Å². The Morgan fingerprint density at radius 3 is 2.75 bits per heavy atom. The number of carboxylic acid groups (broad SMARTS) is 1. The van der Waals surface area contributed by atoms with Crippen LogP contribution < -0.4 is 5.32 Å². The number of carboxylic acids is 1. The van der Waals surface area contributed by atoms with Gasteiger partial charge < -0.3 is 15.2 Å². The minimum atomic E-state index is -0.706. The lowest BCUT2D eigenvalue weighted by atomic mass is 9.84. The van der Waals surface area contributed by atoms with Crippen molar-refractivity contribution in [2.75, 3.05) is 19.8 Å². The molecule has 0 aromatic heterocycles. The van der Waals surface area contributed by atoms with Gasteiger partial charge in [0.05, 0.1) is 0 Å². The molecule has 0 spiro atoms. The summed E-state index contributed by atoms with van der Waals surface area (Å²) >= 11 is 0. The molecule has 1 aliphatic rings. The summed E-state index contributed by atoms with van der Waals surface area (Å²) in [7, 11) is 0. The zero-order valence-corrected chi connectivity index (χ0v) is 13.1. The molecule has 0 bridgehead atoms. The van der Waals surface area contributed by atoms with Gasteiger partial charge in [-0.3, -0.25) is 4.79 Å². The summed E-state index contributed by atoms with van der Waals surface area (Å²) in [6.07, 6.45) is 8.10. The lowest BCUT2D eigenvalue weighted by molar-refractivity contribution is -0.147. The Bertz CT molecular complexity index is 283. The summed E-state index contributed by atoms with van der Waals surface area (Å²) in [5.41, 5.74) is -0.706. The number of ether oxygens (including phenoxy) is 1. The van der Waals surface area contributed by atoms with E-state index in [1.807, 2.05) is 0 Å². The van der Waals surface area contributed by atoms with Crippen molar-refractivity contribution >= 4 is 5.97 Å². The average molecular weight is 285 g/mol. The molecule has 1 fully saturated rings. The highest BCUT2D eigenvalue weighted by Crippen LogP contribution is 2.38. The normalized spacial score (nSPS) is 26.0. The first-order chi connectivity index (χ1) is 9.67. The van der Waals surface area contributed by atoms with Gasteiger partial charge in [-0.25, -0.2) is 0 Å². The molecular weight excluding hydrogens is 254 g/mol. The molecule has 4 heteroatoms. The van der Waals surface area contributed by atoms with Gasteiger partial charge in [0.25, 0.3) is 0 Å². The molecule has 4 nitrogen and oxygen atoms in total. The highest BCUT2D eigenvalue weighted by atomic mass is 16.5. The first-order valence-corrected chi connectivity index (χ1v) is 8.23. The topological polar surface area (TPSA) is 58.6 Å². The third-order valence-electron chi connectivity index (χ3n) is 4.40. The summed E-state index contributed by atoms with van der Waals surface area (Å²) in [4.78, 5) is 11.7. The van der Waals surface area contributed by atoms with Gasteiger partial charge >= 0.3 is 5.97 Å². The second-order valence-electron chi connectivity index (χ2n) is 5.90. The molecule has 1 saturated carbocycles. The minimum absolute atomic E-state index is 0.206. The largest absolute Gasteiger partial charge is 0.480 e. The van der Waals surface area contributed by atoms with Crippen LogP contribution >= 0.6 is 0 Å². The fourth-order valence-corrected chi connectivity index (χ4v) is 3.19. The van der Waals surface area contributed by atoms with Gasteiger partial charge in [0.15, 0.2) is 0 Å². The number of nitrogens with one attached hydrogen (secondary N) is 1. The first-order valence-electron chi connectivity index (χ1n) is 8.23. The van der Waals surface area contributed by atoms with Crippen LogP contribution in [0.3, 0.4) is 0 Å². The monoisotopic (exact) mass is 285 g/mol. The van der Waals surface area contributed by atoms with Crippen molar-refractivity contribution in [3.63, 3.8) is 0 Å². The molecule has 0 aromatic rings. The predicted octanol–water partition coefficient (Wildman–Crippen LogP) is 3.21. The van der Waals surface area contributed by atoms with Crippen LogP contribution in [-0.2, 0) is 9.53 Å². The van der Waals surface area contributed by atoms with Crippen molar-refractivity contribution in [2.24, 2.45) is 5.92 Å². The lowest BCUT2D eigenvalue weighted by Crippen LogP contribution is -2.55. The Kier molecular flexibility index (Phi) is 8.15. The maximum atomic E-state index is 11.7. The van der Waals surface area contributed by atoms with Crippen molar-refractivity contribution in [3.05, 3.63) is 0 Å². The van der Waals surface area contributed by atoms with E-state index < -0.39 is 11.5 Å². The Hall–Kier alpha value is -0.610. The molecule has 0 radical (unpaired) electrons. The van der Waals surface area contributed by atoms with E-state index in [4.69, 9.17) is 4.74 Å². The third-order valence-corrected chi connectivity index (χ3v) is 4.40. The standard InChI is InChI=1S/C16H31NO3/c1-3-5-6-12-20-13-9-14-8-7-10-16(14,15(18)19)17-11-4-2/h14,17H,3-13H2,1-2H3,(H,18,19). The van der Waals surface area contributed by atoms with Gasteiger partial charge in [0.1, 0.15) is 5.54 Å². The van der Waals surface area contributed by atoms with Crippen LogP contribution in [0.15, 0.2) is 0 Å². The van der Waals surface area contributed by atoms with Gasteiger partial charge in [-0.05, 0) is 44.6 Å². The van der Waals surface area contributed by atoms with Crippen molar-refractivity contribution < 1.29 is 14.6 Å². The van der Waals surface area contributed by atoms with Crippen molar-refractivity contribution in [3.8, 4) is 0 Å². The quantitative estimate of drug-likeness (QED) is 0.572. The molecule has 0 aliphatic heterocycles. The van der Waals surface area contributed by atoms with E-state index >= 15 is 0 Å². The molecular formula is C16H31NO3. The predicted molar refractivity (Wildman–Crippen MR) is 81.0 cm³/mol. The molecule has 2 N–H and O–H groups in total. The lowest BCUT2D eigenvalue weighted by Gasteiger charge is -2.32. The molecule has 0 aromatic carbocycles. The smallest absolute Gasteiger partial charge is 0.324 e. The van der Waals surface area contributed by atoms with Crippen LogP contribution in [0.4, 0.5) is 0 Å².